The van der Waals surface area contributed by atoms with Gasteiger partial charge in [-0.2, -0.15) is 0 Å². The molecular formula is C60H50N2. The van der Waals surface area contributed by atoms with Crippen molar-refractivity contribution in [3.05, 3.63) is 205 Å². The zero-order chi connectivity index (χ0) is 42.3. The molecular weight excluding hydrogens is 749 g/mol. The van der Waals surface area contributed by atoms with Gasteiger partial charge in [-0.05, 0) is 114 Å². The second kappa shape index (κ2) is 14.2. The maximum atomic E-state index is 2.51. The molecule has 0 amide bonds. The Bertz CT molecular complexity index is 3360. The Morgan fingerprint density at radius 1 is 0.355 bits per heavy atom. The summed E-state index contributed by atoms with van der Waals surface area (Å²) in [7, 11) is 0. The molecule has 0 bridgehead atoms. The van der Waals surface area contributed by atoms with Crippen molar-refractivity contribution in [2.24, 2.45) is 0 Å². The summed E-state index contributed by atoms with van der Waals surface area (Å²) in [4.78, 5) is 2.51. The van der Waals surface area contributed by atoms with E-state index in [4.69, 9.17) is 0 Å². The van der Waals surface area contributed by atoms with Gasteiger partial charge < -0.3 is 9.47 Å². The summed E-state index contributed by atoms with van der Waals surface area (Å²) < 4.78 is 2.46. The van der Waals surface area contributed by atoms with Crippen LogP contribution in [0.5, 0.6) is 0 Å². The number of benzene rings is 10. The van der Waals surface area contributed by atoms with Gasteiger partial charge in [0.2, 0.25) is 0 Å². The third-order valence-electron chi connectivity index (χ3n) is 13.0. The molecule has 11 aromatic rings. The van der Waals surface area contributed by atoms with Crippen LogP contribution in [0, 0.1) is 0 Å². The maximum absolute atomic E-state index is 2.51. The Labute approximate surface area is 364 Å². The van der Waals surface area contributed by atoms with Crippen molar-refractivity contribution in [3.63, 3.8) is 0 Å². The van der Waals surface area contributed by atoms with E-state index in [0.717, 1.165) is 5.69 Å². The summed E-state index contributed by atoms with van der Waals surface area (Å²) in [5.41, 5.74) is 14.5. The Kier molecular flexibility index (Phi) is 8.67. The number of anilines is 3. The monoisotopic (exact) mass is 798 g/mol. The number of hydrogen-bond donors (Lipinski definition) is 0. The predicted octanol–water partition coefficient (Wildman–Crippen LogP) is 17.1. The molecule has 0 fully saturated rings. The minimum absolute atomic E-state index is 0.0384. The van der Waals surface area contributed by atoms with Crippen molar-refractivity contribution in [3.8, 4) is 27.9 Å². The number of rotatable bonds is 6. The van der Waals surface area contributed by atoms with Gasteiger partial charge in [0.1, 0.15) is 0 Å². The fourth-order valence-corrected chi connectivity index (χ4v) is 9.66. The highest BCUT2D eigenvalue weighted by molar-refractivity contribution is 6.27. The predicted molar refractivity (Wildman–Crippen MR) is 267 cm³/mol. The van der Waals surface area contributed by atoms with Crippen LogP contribution >= 0.6 is 0 Å². The highest BCUT2D eigenvalue weighted by atomic mass is 15.1. The van der Waals surface area contributed by atoms with E-state index in [9.17, 15) is 0 Å². The maximum Gasteiger partial charge on any atom is 0.0541 e. The van der Waals surface area contributed by atoms with Crippen molar-refractivity contribution in [2.75, 3.05) is 4.90 Å². The summed E-state index contributed by atoms with van der Waals surface area (Å²) in [6, 6.07) is 72.3. The summed E-state index contributed by atoms with van der Waals surface area (Å²) in [6.45, 7) is 14.0. The normalized spacial score (nSPS) is 12.4. The molecule has 0 aliphatic heterocycles. The molecule has 0 saturated heterocycles. The Morgan fingerprint density at radius 2 is 0.806 bits per heavy atom. The summed E-state index contributed by atoms with van der Waals surface area (Å²) in [6.07, 6.45) is 0. The number of hydrogen-bond acceptors (Lipinski definition) is 1. The zero-order valence-corrected chi connectivity index (χ0v) is 36.4. The Balaban J connectivity index is 1.12. The highest BCUT2D eigenvalue weighted by Crippen LogP contribution is 2.47. The third kappa shape index (κ3) is 6.24. The first-order valence-electron chi connectivity index (χ1n) is 21.9. The summed E-state index contributed by atoms with van der Waals surface area (Å²) in [5, 5.41) is 10.1. The minimum atomic E-state index is -0.0384. The molecule has 0 spiro atoms. The first kappa shape index (κ1) is 37.8. The first-order chi connectivity index (χ1) is 30.0. The molecule has 1 heterocycles. The van der Waals surface area contributed by atoms with Crippen LogP contribution in [0.4, 0.5) is 17.1 Å². The second-order valence-electron chi connectivity index (χ2n) is 19.1. The van der Waals surface area contributed by atoms with Gasteiger partial charge in [0.05, 0.1) is 22.4 Å². The smallest absolute Gasteiger partial charge is 0.0541 e. The lowest BCUT2D eigenvalue weighted by molar-refractivity contribution is 0.569. The van der Waals surface area contributed by atoms with Gasteiger partial charge in [-0.15, -0.1) is 0 Å². The van der Waals surface area contributed by atoms with Crippen molar-refractivity contribution in [2.45, 2.75) is 52.4 Å². The standard InChI is InChI=1S/C60H50N2/c1-59(2,3)45-36-46(60(4,5)6)38-48(37-45)61(47-30-24-42(25-31-47)41-22-20-40(21-23-41)39-14-8-7-9-15-39)55-34-28-43-27-33-52-56(35-29-44-26-32-51(55)57(43)58(44)52)62-53-18-12-10-16-49(53)50-17-11-13-19-54(50)62/h7-38H,1-6H3. The third-order valence-corrected chi connectivity index (χ3v) is 13.0. The SMILES string of the molecule is CC(C)(C)c1cc(N(c2ccc(-c3ccc(-c4ccccc4)cc3)cc2)c2ccc3ccc4c(-n5c6ccccc6c6ccccc65)ccc5ccc2c3c54)cc(C(C)(C)C)c1. The first-order valence-corrected chi connectivity index (χ1v) is 21.9. The van der Waals surface area contributed by atoms with Crippen LogP contribution in [0.1, 0.15) is 52.7 Å². The molecule has 0 atom stereocenters. The number of aromatic nitrogens is 1. The molecule has 0 aliphatic carbocycles. The topological polar surface area (TPSA) is 8.17 Å². The van der Waals surface area contributed by atoms with E-state index in [1.54, 1.807) is 0 Å². The van der Waals surface area contributed by atoms with E-state index in [1.165, 1.54) is 105 Å². The largest absolute Gasteiger partial charge is 0.310 e. The molecule has 0 aliphatic rings. The van der Waals surface area contributed by atoms with Gasteiger partial charge in [-0.3, -0.25) is 0 Å². The van der Waals surface area contributed by atoms with Gasteiger partial charge >= 0.3 is 0 Å². The fraction of sp³-hybridized carbons (Fsp3) is 0.133. The number of nitrogens with zero attached hydrogens (tertiary/aromatic N) is 2. The second-order valence-corrected chi connectivity index (χ2v) is 19.1. The lowest BCUT2D eigenvalue weighted by Gasteiger charge is -2.32. The quantitative estimate of drug-likeness (QED) is 0.152. The van der Waals surface area contributed by atoms with Crippen molar-refractivity contribution in [1.82, 2.24) is 4.57 Å². The van der Waals surface area contributed by atoms with Crippen molar-refractivity contribution < 1.29 is 0 Å². The molecule has 0 unspecified atom stereocenters. The van der Waals surface area contributed by atoms with E-state index in [1.807, 2.05) is 0 Å². The lowest BCUT2D eigenvalue weighted by atomic mass is 9.80. The molecule has 0 saturated carbocycles. The van der Waals surface area contributed by atoms with Crippen molar-refractivity contribution in [1.29, 1.82) is 0 Å². The van der Waals surface area contributed by atoms with Crippen LogP contribution in [0.2, 0.25) is 0 Å². The van der Waals surface area contributed by atoms with Crippen LogP contribution in [-0.2, 0) is 10.8 Å². The minimum Gasteiger partial charge on any atom is -0.310 e. The molecule has 62 heavy (non-hydrogen) atoms. The molecule has 0 N–H and O–H groups in total. The average Bonchev–Trinajstić information content (AvgIpc) is 3.63. The van der Waals surface area contributed by atoms with Crippen LogP contribution in [0.15, 0.2) is 194 Å². The van der Waals surface area contributed by atoms with Gasteiger partial charge in [0.15, 0.2) is 0 Å². The highest BCUT2D eigenvalue weighted by Gasteiger charge is 2.26. The van der Waals surface area contributed by atoms with Gasteiger partial charge in [0, 0.05) is 32.9 Å². The van der Waals surface area contributed by atoms with E-state index in [-0.39, 0.29) is 10.8 Å². The number of fused-ring (bicyclic) bond motifs is 3. The molecule has 11 rings (SSSR count). The molecule has 0 radical (unpaired) electrons. The fourth-order valence-electron chi connectivity index (χ4n) is 9.66. The van der Waals surface area contributed by atoms with Gasteiger partial charge in [0.25, 0.3) is 0 Å². The van der Waals surface area contributed by atoms with Crippen molar-refractivity contribution >= 4 is 71.2 Å². The van der Waals surface area contributed by atoms with Crippen LogP contribution in [-0.4, -0.2) is 4.57 Å². The van der Waals surface area contributed by atoms with Gasteiger partial charge in [-0.25, -0.2) is 0 Å². The van der Waals surface area contributed by atoms with Crippen LogP contribution in [0.25, 0.3) is 82.1 Å². The van der Waals surface area contributed by atoms with Crippen LogP contribution < -0.4 is 4.90 Å². The number of para-hydroxylation sites is 2. The zero-order valence-electron chi connectivity index (χ0n) is 36.4. The summed E-state index contributed by atoms with van der Waals surface area (Å²) in [5.74, 6) is 0. The Morgan fingerprint density at radius 3 is 1.37 bits per heavy atom. The molecule has 1 aromatic heterocycles. The van der Waals surface area contributed by atoms with E-state index >= 15 is 0 Å². The molecule has 10 aromatic carbocycles. The van der Waals surface area contributed by atoms with Crippen LogP contribution in [0.3, 0.4) is 0 Å². The van der Waals surface area contributed by atoms with E-state index in [2.05, 4.69) is 245 Å². The van der Waals surface area contributed by atoms with Gasteiger partial charge in [-0.1, -0.05) is 187 Å². The Hall–Kier alpha value is -7.16. The average molecular weight is 799 g/mol. The lowest BCUT2D eigenvalue weighted by Crippen LogP contribution is -2.19. The summed E-state index contributed by atoms with van der Waals surface area (Å²) >= 11 is 0. The van der Waals surface area contributed by atoms with E-state index < -0.39 is 0 Å². The molecule has 2 nitrogen and oxygen atoms in total. The molecule has 2 heteroatoms. The molecule has 300 valence electrons. The van der Waals surface area contributed by atoms with E-state index in [0.29, 0.717) is 0 Å².